The van der Waals surface area contributed by atoms with Crippen LogP contribution in [0.5, 0.6) is 0 Å². The summed E-state index contributed by atoms with van der Waals surface area (Å²) >= 11 is 0. The highest BCUT2D eigenvalue weighted by molar-refractivity contribution is 7.90. The van der Waals surface area contributed by atoms with Gasteiger partial charge in [0.25, 0.3) is 0 Å². The summed E-state index contributed by atoms with van der Waals surface area (Å²) in [6, 6.07) is 11.0. The molecule has 2 aromatic carbocycles. The van der Waals surface area contributed by atoms with Gasteiger partial charge in [0.2, 0.25) is 0 Å². The first-order valence-electron chi connectivity index (χ1n) is 8.31. The lowest BCUT2D eigenvalue weighted by Crippen LogP contribution is -2.10. The third-order valence-corrected chi connectivity index (χ3v) is 5.11. The Balaban J connectivity index is 2.55. The van der Waals surface area contributed by atoms with Gasteiger partial charge in [0.05, 0.1) is 23.3 Å². The van der Waals surface area contributed by atoms with Crippen molar-refractivity contribution in [2.75, 3.05) is 18.7 Å². The Morgan fingerprint density at radius 2 is 1.75 bits per heavy atom. The number of benzene rings is 2. The molecule has 0 aliphatic rings. The summed E-state index contributed by atoms with van der Waals surface area (Å²) in [6.45, 7) is 3.00. The summed E-state index contributed by atoms with van der Waals surface area (Å²) < 4.78 is 28.4. The Kier molecular flexibility index (Phi) is 6.25. The molecule has 0 aliphatic heterocycles. The number of allylic oxidation sites excluding steroid dienone is 2. The molecule has 0 aromatic heterocycles. The van der Waals surface area contributed by atoms with E-state index in [0.29, 0.717) is 28.2 Å². The minimum absolute atomic E-state index is 0.147. The second-order valence-electron chi connectivity index (χ2n) is 6.29. The number of anilines is 2. The van der Waals surface area contributed by atoms with E-state index < -0.39 is 15.8 Å². The zero-order valence-electron chi connectivity index (χ0n) is 16.1. The Bertz CT molecular complexity index is 1070. The third-order valence-electron chi connectivity index (χ3n) is 4.00. The Morgan fingerprint density at radius 3 is 2.29 bits per heavy atom. The minimum atomic E-state index is -3.37. The van der Waals surface area contributed by atoms with Crippen LogP contribution in [0.2, 0.25) is 0 Å². The van der Waals surface area contributed by atoms with Crippen molar-refractivity contribution in [3.8, 4) is 0 Å². The van der Waals surface area contributed by atoms with Gasteiger partial charge in [-0.1, -0.05) is 12.1 Å². The van der Waals surface area contributed by atoms with Crippen LogP contribution in [0.4, 0.5) is 11.4 Å². The maximum Gasteiger partial charge on any atom is 0.339 e. The number of ether oxygens (including phenoxy) is 1. The number of ketones is 1. The predicted molar refractivity (Wildman–Crippen MR) is 108 cm³/mol. The van der Waals surface area contributed by atoms with Crippen LogP contribution in [0.3, 0.4) is 0 Å². The zero-order chi connectivity index (χ0) is 21.1. The summed E-state index contributed by atoms with van der Waals surface area (Å²) in [5.41, 5.74) is 8.03. The van der Waals surface area contributed by atoms with Crippen LogP contribution in [0.25, 0.3) is 5.57 Å². The van der Waals surface area contributed by atoms with Gasteiger partial charge in [0, 0.05) is 23.2 Å². The number of carbonyl (C=O) groups excluding carboxylic acids is 2. The van der Waals surface area contributed by atoms with Crippen molar-refractivity contribution in [1.82, 2.24) is 0 Å². The first kappa shape index (κ1) is 21.2. The minimum Gasteiger partial charge on any atom is -0.465 e. The van der Waals surface area contributed by atoms with E-state index in [1.54, 1.807) is 31.2 Å². The number of methoxy groups -OCH3 is 1. The summed E-state index contributed by atoms with van der Waals surface area (Å²) in [5, 5.41) is 3.03. The second-order valence-corrected chi connectivity index (χ2v) is 8.31. The van der Waals surface area contributed by atoms with Gasteiger partial charge >= 0.3 is 5.97 Å². The van der Waals surface area contributed by atoms with E-state index >= 15 is 0 Å². The molecule has 0 unspecified atom stereocenters. The second kappa shape index (κ2) is 8.26. The summed E-state index contributed by atoms with van der Waals surface area (Å²) in [4.78, 5) is 24.3. The number of sulfone groups is 1. The van der Waals surface area contributed by atoms with Crippen molar-refractivity contribution in [3.05, 3.63) is 59.3 Å². The molecule has 7 nitrogen and oxygen atoms in total. The standard InChI is InChI=1S/C20H22N2O5S/c1-12(21)19(13(2)23)14-8-9-18(17(10-14)20(24)27-3)22-15-6-5-7-16(11-15)28(4,25)26/h5-11,22H,21H2,1-4H3. The number of esters is 1. The largest absolute Gasteiger partial charge is 0.465 e. The lowest BCUT2D eigenvalue weighted by molar-refractivity contribution is -0.111. The van der Waals surface area contributed by atoms with Crippen LogP contribution in [-0.2, 0) is 19.4 Å². The molecule has 2 aromatic rings. The molecular formula is C20H22N2O5S. The Labute approximate surface area is 164 Å². The average Bonchev–Trinajstić information content (AvgIpc) is 2.61. The third kappa shape index (κ3) is 4.77. The maximum atomic E-state index is 12.3. The molecule has 0 bridgehead atoms. The first-order valence-corrected chi connectivity index (χ1v) is 10.2. The number of nitrogens with two attached hydrogens (primary N) is 1. The number of rotatable bonds is 6. The fourth-order valence-corrected chi connectivity index (χ4v) is 3.42. The van der Waals surface area contributed by atoms with E-state index in [9.17, 15) is 18.0 Å². The monoisotopic (exact) mass is 402 g/mol. The quantitative estimate of drug-likeness (QED) is 0.564. The van der Waals surface area contributed by atoms with Gasteiger partial charge in [-0.2, -0.15) is 0 Å². The van der Waals surface area contributed by atoms with Crippen LogP contribution in [0, 0.1) is 0 Å². The Morgan fingerprint density at radius 1 is 1.07 bits per heavy atom. The fourth-order valence-electron chi connectivity index (χ4n) is 2.76. The molecule has 0 aliphatic carbocycles. The average molecular weight is 402 g/mol. The van der Waals surface area contributed by atoms with Crippen LogP contribution in [0.15, 0.2) is 53.1 Å². The first-order chi connectivity index (χ1) is 13.0. The van der Waals surface area contributed by atoms with Crippen molar-refractivity contribution in [2.45, 2.75) is 18.7 Å². The topological polar surface area (TPSA) is 116 Å². The molecule has 0 radical (unpaired) electrons. The predicted octanol–water partition coefficient (Wildman–Crippen LogP) is 2.90. The van der Waals surface area contributed by atoms with Gasteiger partial charge in [-0.3, -0.25) is 4.79 Å². The zero-order valence-corrected chi connectivity index (χ0v) is 16.9. The molecular weight excluding hydrogens is 380 g/mol. The molecule has 2 rings (SSSR count). The molecule has 0 heterocycles. The van der Waals surface area contributed by atoms with E-state index in [4.69, 9.17) is 10.5 Å². The maximum absolute atomic E-state index is 12.3. The molecule has 0 amide bonds. The molecule has 0 saturated carbocycles. The van der Waals surface area contributed by atoms with Gasteiger partial charge in [-0.15, -0.1) is 0 Å². The number of nitrogens with one attached hydrogen (secondary N) is 1. The van der Waals surface area contributed by atoms with Crippen molar-refractivity contribution in [2.24, 2.45) is 5.73 Å². The molecule has 0 atom stereocenters. The van der Waals surface area contributed by atoms with E-state index in [2.05, 4.69) is 5.32 Å². The summed E-state index contributed by atoms with van der Waals surface area (Å²) in [6.07, 6.45) is 1.12. The van der Waals surface area contributed by atoms with Gasteiger partial charge in [-0.05, 0) is 49.7 Å². The van der Waals surface area contributed by atoms with Crippen molar-refractivity contribution in [3.63, 3.8) is 0 Å². The molecule has 148 valence electrons. The highest BCUT2D eigenvalue weighted by Gasteiger charge is 2.18. The van der Waals surface area contributed by atoms with Crippen molar-refractivity contribution < 1.29 is 22.7 Å². The van der Waals surface area contributed by atoms with Crippen LogP contribution in [-0.4, -0.2) is 33.5 Å². The van der Waals surface area contributed by atoms with E-state index in [0.717, 1.165) is 6.26 Å². The van der Waals surface area contributed by atoms with Crippen LogP contribution in [0.1, 0.15) is 29.8 Å². The number of Topliss-reactive ketones (excluding diaryl/α,β-unsaturated/α-hetero) is 1. The van der Waals surface area contributed by atoms with Gasteiger partial charge < -0.3 is 15.8 Å². The lowest BCUT2D eigenvalue weighted by atomic mass is 9.97. The number of hydrogen-bond donors (Lipinski definition) is 2. The molecule has 8 heteroatoms. The Hall–Kier alpha value is -3.13. The van der Waals surface area contributed by atoms with Crippen LogP contribution < -0.4 is 11.1 Å². The normalized spacial score (nSPS) is 12.1. The van der Waals surface area contributed by atoms with E-state index in [-0.39, 0.29) is 16.2 Å². The number of hydrogen-bond acceptors (Lipinski definition) is 7. The smallest absolute Gasteiger partial charge is 0.339 e. The SMILES string of the molecule is COC(=O)c1cc(C(C(C)=O)=C(C)N)ccc1Nc1cccc(S(C)(=O)=O)c1. The molecule has 0 saturated heterocycles. The highest BCUT2D eigenvalue weighted by atomic mass is 32.2. The summed E-state index contributed by atoms with van der Waals surface area (Å²) in [5.74, 6) is -0.835. The number of carbonyl (C=O) groups is 2. The van der Waals surface area contributed by atoms with Gasteiger partial charge in [-0.25, -0.2) is 13.2 Å². The van der Waals surface area contributed by atoms with Gasteiger partial charge in [0.1, 0.15) is 0 Å². The van der Waals surface area contributed by atoms with E-state index in [1.165, 1.54) is 32.2 Å². The molecule has 28 heavy (non-hydrogen) atoms. The highest BCUT2D eigenvalue weighted by Crippen LogP contribution is 2.28. The molecule has 0 fully saturated rings. The fraction of sp³-hybridized carbons (Fsp3) is 0.200. The van der Waals surface area contributed by atoms with Crippen molar-refractivity contribution >= 4 is 38.5 Å². The van der Waals surface area contributed by atoms with Gasteiger partial charge in [0.15, 0.2) is 15.6 Å². The van der Waals surface area contributed by atoms with E-state index in [1.807, 2.05) is 0 Å². The molecule has 3 N–H and O–H groups in total. The summed E-state index contributed by atoms with van der Waals surface area (Å²) in [7, 11) is -2.13. The van der Waals surface area contributed by atoms with Crippen LogP contribution >= 0.6 is 0 Å². The lowest BCUT2D eigenvalue weighted by Gasteiger charge is -2.14. The van der Waals surface area contributed by atoms with Crippen molar-refractivity contribution in [1.29, 1.82) is 0 Å². The molecule has 0 spiro atoms.